The Labute approximate surface area is 105 Å². The van der Waals surface area contributed by atoms with Crippen LogP contribution < -0.4 is 4.74 Å². The van der Waals surface area contributed by atoms with E-state index in [9.17, 15) is 4.79 Å². The molecule has 0 radical (unpaired) electrons. The molecule has 4 heteroatoms. The van der Waals surface area contributed by atoms with Gasteiger partial charge in [0.2, 0.25) is 5.88 Å². The van der Waals surface area contributed by atoms with E-state index in [0.717, 1.165) is 12.8 Å². The lowest BCUT2D eigenvalue weighted by atomic mass is 10.1. The summed E-state index contributed by atoms with van der Waals surface area (Å²) in [6.45, 7) is 2.73. The van der Waals surface area contributed by atoms with Crippen LogP contribution in [0.15, 0.2) is 30.3 Å². The zero-order chi connectivity index (χ0) is 13.0. The standard InChI is InChI=1S/C14H15NO3/c1-2-3-9-18-13-8-7-10-11(14(16)17)5-4-6-12(10)15-13/h4-8H,2-3,9H2,1H3,(H,16,17). The Morgan fingerprint density at radius 2 is 2.17 bits per heavy atom. The van der Waals surface area contributed by atoms with Crippen molar-refractivity contribution in [1.29, 1.82) is 0 Å². The molecule has 0 aliphatic carbocycles. The fourth-order valence-electron chi connectivity index (χ4n) is 1.72. The van der Waals surface area contributed by atoms with Crippen molar-refractivity contribution in [1.82, 2.24) is 4.98 Å². The van der Waals surface area contributed by atoms with E-state index in [-0.39, 0.29) is 5.56 Å². The van der Waals surface area contributed by atoms with Crippen LogP contribution in [0.2, 0.25) is 0 Å². The van der Waals surface area contributed by atoms with Crippen LogP contribution in [0.5, 0.6) is 5.88 Å². The molecule has 0 unspecified atom stereocenters. The largest absolute Gasteiger partial charge is 0.478 e. The number of carboxylic acids is 1. The molecular formula is C14H15NO3. The highest BCUT2D eigenvalue weighted by Gasteiger charge is 2.09. The lowest BCUT2D eigenvalue weighted by molar-refractivity contribution is 0.0699. The van der Waals surface area contributed by atoms with Crippen LogP contribution in [0.25, 0.3) is 10.9 Å². The summed E-state index contributed by atoms with van der Waals surface area (Å²) in [7, 11) is 0. The molecule has 0 atom stereocenters. The quantitative estimate of drug-likeness (QED) is 0.822. The van der Waals surface area contributed by atoms with Crippen LogP contribution in [0.1, 0.15) is 30.1 Å². The smallest absolute Gasteiger partial charge is 0.336 e. The minimum Gasteiger partial charge on any atom is -0.478 e. The average Bonchev–Trinajstić information content (AvgIpc) is 2.38. The van der Waals surface area contributed by atoms with Gasteiger partial charge >= 0.3 is 5.97 Å². The van der Waals surface area contributed by atoms with Crippen LogP contribution in [-0.4, -0.2) is 22.7 Å². The van der Waals surface area contributed by atoms with Gasteiger partial charge in [-0.25, -0.2) is 9.78 Å². The maximum Gasteiger partial charge on any atom is 0.336 e. The molecule has 2 aromatic rings. The maximum absolute atomic E-state index is 11.1. The summed E-state index contributed by atoms with van der Waals surface area (Å²) in [4.78, 5) is 15.4. The van der Waals surface area contributed by atoms with Crippen LogP contribution in [0.4, 0.5) is 0 Å². The SMILES string of the molecule is CCCCOc1ccc2c(C(=O)O)cccc2n1. The van der Waals surface area contributed by atoms with E-state index in [1.807, 2.05) is 0 Å². The number of fused-ring (bicyclic) bond motifs is 1. The number of ether oxygens (including phenoxy) is 1. The van der Waals surface area contributed by atoms with Gasteiger partial charge in [-0.1, -0.05) is 19.4 Å². The first-order valence-electron chi connectivity index (χ1n) is 5.98. The van der Waals surface area contributed by atoms with Crippen molar-refractivity contribution in [2.75, 3.05) is 6.61 Å². The van der Waals surface area contributed by atoms with Gasteiger partial charge in [0.15, 0.2) is 0 Å². The first-order chi connectivity index (χ1) is 8.72. The van der Waals surface area contributed by atoms with Gasteiger partial charge in [-0.05, 0) is 24.6 Å². The molecule has 94 valence electrons. The Bertz CT molecular complexity index is 566. The molecule has 18 heavy (non-hydrogen) atoms. The van der Waals surface area contributed by atoms with Gasteiger partial charge in [-0.15, -0.1) is 0 Å². The molecule has 0 saturated heterocycles. The summed E-state index contributed by atoms with van der Waals surface area (Å²) in [5.41, 5.74) is 0.906. The minimum absolute atomic E-state index is 0.264. The highest BCUT2D eigenvalue weighted by atomic mass is 16.5. The molecule has 2 rings (SSSR count). The molecule has 0 spiro atoms. The third-order valence-electron chi connectivity index (χ3n) is 2.68. The number of aromatic nitrogens is 1. The third kappa shape index (κ3) is 2.59. The molecule has 0 saturated carbocycles. The van der Waals surface area contributed by atoms with Crippen molar-refractivity contribution < 1.29 is 14.6 Å². The number of carbonyl (C=O) groups is 1. The first-order valence-corrected chi connectivity index (χ1v) is 5.98. The maximum atomic E-state index is 11.1. The normalized spacial score (nSPS) is 10.5. The van der Waals surface area contributed by atoms with Crippen LogP contribution in [0.3, 0.4) is 0 Å². The van der Waals surface area contributed by atoms with Gasteiger partial charge in [0.25, 0.3) is 0 Å². The fourth-order valence-corrected chi connectivity index (χ4v) is 1.72. The lowest BCUT2D eigenvalue weighted by Crippen LogP contribution is -2.00. The van der Waals surface area contributed by atoms with Crippen LogP contribution in [-0.2, 0) is 0 Å². The van der Waals surface area contributed by atoms with Gasteiger partial charge in [0.1, 0.15) is 0 Å². The minimum atomic E-state index is -0.943. The van der Waals surface area contributed by atoms with Crippen molar-refractivity contribution >= 4 is 16.9 Å². The lowest BCUT2D eigenvalue weighted by Gasteiger charge is -2.06. The number of pyridine rings is 1. The summed E-state index contributed by atoms with van der Waals surface area (Å²) in [5, 5.41) is 9.70. The van der Waals surface area contributed by atoms with E-state index in [1.165, 1.54) is 0 Å². The van der Waals surface area contributed by atoms with Gasteiger partial charge < -0.3 is 9.84 Å². The van der Waals surface area contributed by atoms with E-state index in [4.69, 9.17) is 9.84 Å². The molecule has 0 aliphatic rings. The van der Waals surface area contributed by atoms with E-state index in [2.05, 4.69) is 11.9 Å². The topological polar surface area (TPSA) is 59.4 Å². The van der Waals surface area contributed by atoms with Crippen molar-refractivity contribution in [2.24, 2.45) is 0 Å². The Balaban J connectivity index is 2.32. The van der Waals surface area contributed by atoms with E-state index < -0.39 is 5.97 Å². The molecule has 1 N–H and O–H groups in total. The predicted octanol–water partition coefficient (Wildman–Crippen LogP) is 3.11. The fraction of sp³-hybridized carbons (Fsp3) is 0.286. The number of unbranched alkanes of at least 4 members (excludes halogenated alkanes) is 1. The van der Waals surface area contributed by atoms with E-state index in [0.29, 0.717) is 23.4 Å². The van der Waals surface area contributed by atoms with Crippen molar-refractivity contribution in [2.45, 2.75) is 19.8 Å². The molecule has 0 bridgehead atoms. The highest BCUT2D eigenvalue weighted by Crippen LogP contribution is 2.20. The van der Waals surface area contributed by atoms with E-state index >= 15 is 0 Å². The Morgan fingerprint density at radius 3 is 2.89 bits per heavy atom. The Kier molecular flexibility index (Phi) is 3.77. The zero-order valence-electron chi connectivity index (χ0n) is 10.2. The van der Waals surface area contributed by atoms with Crippen molar-refractivity contribution in [3.05, 3.63) is 35.9 Å². The van der Waals surface area contributed by atoms with E-state index in [1.54, 1.807) is 30.3 Å². The molecule has 1 heterocycles. The second-order valence-electron chi connectivity index (χ2n) is 4.03. The number of hydrogen-bond donors (Lipinski definition) is 1. The van der Waals surface area contributed by atoms with Crippen LogP contribution >= 0.6 is 0 Å². The summed E-state index contributed by atoms with van der Waals surface area (Å²) in [5.74, 6) is -0.402. The number of benzene rings is 1. The van der Waals surface area contributed by atoms with Crippen LogP contribution in [0, 0.1) is 0 Å². The second-order valence-corrected chi connectivity index (χ2v) is 4.03. The summed E-state index contributed by atoms with van der Waals surface area (Å²) >= 11 is 0. The molecule has 1 aromatic heterocycles. The highest BCUT2D eigenvalue weighted by molar-refractivity contribution is 6.02. The van der Waals surface area contributed by atoms with Gasteiger partial charge in [-0.3, -0.25) is 0 Å². The Morgan fingerprint density at radius 1 is 1.33 bits per heavy atom. The monoisotopic (exact) mass is 245 g/mol. The van der Waals surface area contributed by atoms with Crippen molar-refractivity contribution in [3.8, 4) is 5.88 Å². The number of aromatic carboxylic acids is 1. The number of nitrogens with zero attached hydrogens (tertiary/aromatic N) is 1. The predicted molar refractivity (Wildman–Crippen MR) is 69.1 cm³/mol. The average molecular weight is 245 g/mol. The summed E-state index contributed by atoms with van der Waals surface area (Å²) < 4.78 is 5.50. The molecule has 1 aromatic carbocycles. The number of rotatable bonds is 5. The van der Waals surface area contributed by atoms with Gasteiger partial charge in [-0.2, -0.15) is 0 Å². The van der Waals surface area contributed by atoms with Crippen molar-refractivity contribution in [3.63, 3.8) is 0 Å². The second kappa shape index (κ2) is 5.49. The summed E-state index contributed by atoms with van der Waals surface area (Å²) in [6, 6.07) is 8.50. The van der Waals surface area contributed by atoms with Gasteiger partial charge in [0.05, 0.1) is 17.7 Å². The molecule has 0 amide bonds. The molecule has 0 aliphatic heterocycles. The van der Waals surface area contributed by atoms with Gasteiger partial charge in [0, 0.05) is 11.5 Å². The summed E-state index contributed by atoms with van der Waals surface area (Å²) in [6.07, 6.45) is 2.05. The number of hydrogen-bond acceptors (Lipinski definition) is 3. The third-order valence-corrected chi connectivity index (χ3v) is 2.68. The first kappa shape index (κ1) is 12.4. The number of carboxylic acid groups (broad SMARTS) is 1. The molecule has 4 nitrogen and oxygen atoms in total. The zero-order valence-corrected chi connectivity index (χ0v) is 10.2. The molecular weight excluding hydrogens is 230 g/mol. The molecule has 0 fully saturated rings. The Hall–Kier alpha value is -2.10.